The second-order valence-corrected chi connectivity index (χ2v) is 5.84. The maximum Gasteiger partial charge on any atom is 0.259 e. The number of pyridine rings is 1. The van der Waals surface area contributed by atoms with Crippen molar-refractivity contribution < 1.29 is 14.3 Å². The highest BCUT2D eigenvalue weighted by molar-refractivity contribution is 5.96. The van der Waals surface area contributed by atoms with Crippen molar-refractivity contribution in [1.82, 2.24) is 19.9 Å². The van der Waals surface area contributed by atoms with Crippen LogP contribution in [0.2, 0.25) is 0 Å². The first kappa shape index (κ1) is 17.1. The van der Waals surface area contributed by atoms with E-state index in [9.17, 15) is 4.79 Å². The van der Waals surface area contributed by atoms with Gasteiger partial charge in [-0.1, -0.05) is 0 Å². The molecule has 25 heavy (non-hydrogen) atoms. The molecule has 0 aromatic carbocycles. The van der Waals surface area contributed by atoms with E-state index in [1.165, 1.54) is 0 Å². The highest BCUT2D eigenvalue weighted by Crippen LogP contribution is 2.21. The van der Waals surface area contributed by atoms with Crippen molar-refractivity contribution in [3.8, 4) is 11.8 Å². The maximum absolute atomic E-state index is 12.7. The zero-order valence-corrected chi connectivity index (χ0v) is 14.5. The fourth-order valence-corrected chi connectivity index (χ4v) is 2.82. The summed E-state index contributed by atoms with van der Waals surface area (Å²) in [7, 11) is 0. The van der Waals surface area contributed by atoms with Gasteiger partial charge in [-0.15, -0.1) is 0 Å². The van der Waals surface area contributed by atoms with E-state index >= 15 is 0 Å². The van der Waals surface area contributed by atoms with Crippen LogP contribution in [0, 0.1) is 6.92 Å². The van der Waals surface area contributed by atoms with Crippen molar-refractivity contribution in [2.45, 2.75) is 32.8 Å². The third-order valence-electron chi connectivity index (χ3n) is 4.05. The van der Waals surface area contributed by atoms with Crippen molar-refractivity contribution >= 4 is 5.91 Å². The largest absolute Gasteiger partial charge is 0.477 e. The Labute approximate surface area is 147 Å². The quantitative estimate of drug-likeness (QED) is 0.829. The topological polar surface area (TPSA) is 77.4 Å². The Kier molecular flexibility index (Phi) is 5.42. The van der Waals surface area contributed by atoms with Crippen molar-refractivity contribution in [1.29, 1.82) is 0 Å². The zero-order chi connectivity index (χ0) is 17.6. The number of amides is 1. The van der Waals surface area contributed by atoms with E-state index < -0.39 is 0 Å². The van der Waals surface area contributed by atoms with Crippen LogP contribution in [0.4, 0.5) is 0 Å². The predicted octanol–water partition coefficient (Wildman–Crippen LogP) is 2.26. The summed E-state index contributed by atoms with van der Waals surface area (Å²) in [5, 5.41) is 0. The van der Waals surface area contributed by atoms with E-state index in [0.29, 0.717) is 42.8 Å². The molecule has 0 unspecified atom stereocenters. The average Bonchev–Trinajstić information content (AvgIpc) is 2.63. The number of hydrogen-bond acceptors (Lipinski definition) is 6. The molecule has 1 aliphatic rings. The van der Waals surface area contributed by atoms with Crippen molar-refractivity contribution in [2.75, 3.05) is 19.7 Å². The third-order valence-corrected chi connectivity index (χ3v) is 4.05. The van der Waals surface area contributed by atoms with E-state index in [1.54, 1.807) is 30.6 Å². The molecule has 1 saturated heterocycles. The molecule has 132 valence electrons. The summed E-state index contributed by atoms with van der Waals surface area (Å²) in [6, 6.07) is 5.27. The fourth-order valence-electron chi connectivity index (χ4n) is 2.82. The lowest BCUT2D eigenvalue weighted by atomic mass is 10.1. The van der Waals surface area contributed by atoms with Crippen LogP contribution in [0.15, 0.2) is 30.6 Å². The van der Waals surface area contributed by atoms with Gasteiger partial charge in [0, 0.05) is 44.4 Å². The van der Waals surface area contributed by atoms with Crippen molar-refractivity contribution in [2.24, 2.45) is 0 Å². The Morgan fingerprint density at radius 2 is 2.04 bits per heavy atom. The van der Waals surface area contributed by atoms with Crippen LogP contribution in [0.25, 0.3) is 0 Å². The second-order valence-electron chi connectivity index (χ2n) is 5.84. The summed E-state index contributed by atoms with van der Waals surface area (Å²) in [5.41, 5.74) is 0.509. The van der Waals surface area contributed by atoms with Gasteiger partial charge in [0.2, 0.25) is 11.8 Å². The number of rotatable bonds is 5. The highest BCUT2D eigenvalue weighted by atomic mass is 16.5. The molecule has 0 spiro atoms. The summed E-state index contributed by atoms with van der Waals surface area (Å²) < 4.78 is 11.4. The van der Waals surface area contributed by atoms with Crippen molar-refractivity contribution in [3.63, 3.8) is 0 Å². The van der Waals surface area contributed by atoms with E-state index in [0.717, 1.165) is 12.8 Å². The number of carbonyl (C=O) groups is 1. The first-order valence-corrected chi connectivity index (χ1v) is 8.50. The molecule has 2 aromatic rings. The smallest absolute Gasteiger partial charge is 0.259 e. The van der Waals surface area contributed by atoms with E-state index in [-0.39, 0.29) is 12.0 Å². The lowest BCUT2D eigenvalue weighted by Crippen LogP contribution is -2.42. The monoisotopic (exact) mass is 342 g/mol. The molecule has 0 radical (unpaired) electrons. The van der Waals surface area contributed by atoms with Gasteiger partial charge < -0.3 is 14.4 Å². The Bertz CT molecular complexity index is 730. The number of ether oxygens (including phenoxy) is 2. The first-order valence-electron chi connectivity index (χ1n) is 8.50. The molecule has 7 nitrogen and oxygen atoms in total. The van der Waals surface area contributed by atoms with Gasteiger partial charge in [0.05, 0.1) is 6.61 Å². The minimum absolute atomic E-state index is 0.0483. The zero-order valence-electron chi connectivity index (χ0n) is 14.5. The molecule has 1 aliphatic heterocycles. The van der Waals surface area contributed by atoms with E-state index in [2.05, 4.69) is 15.0 Å². The number of likely N-dealkylation sites (tertiary alicyclic amines) is 1. The molecule has 1 amide bonds. The molecule has 2 aromatic heterocycles. The molecule has 3 rings (SSSR count). The molecule has 0 bridgehead atoms. The molecular formula is C18H22N4O3. The maximum atomic E-state index is 12.7. The predicted molar refractivity (Wildman–Crippen MR) is 91.7 cm³/mol. The minimum atomic E-state index is -0.0483. The number of nitrogens with zero attached hydrogens (tertiary/aromatic N) is 4. The lowest BCUT2D eigenvalue weighted by Gasteiger charge is -2.32. The van der Waals surface area contributed by atoms with Gasteiger partial charge >= 0.3 is 0 Å². The van der Waals surface area contributed by atoms with Gasteiger partial charge in [-0.2, -0.15) is 4.98 Å². The Balaban J connectivity index is 1.59. The van der Waals surface area contributed by atoms with Gasteiger partial charge in [0.1, 0.15) is 17.5 Å². The van der Waals surface area contributed by atoms with E-state index in [4.69, 9.17) is 9.47 Å². The summed E-state index contributed by atoms with van der Waals surface area (Å²) in [5.74, 6) is 1.62. The number of hydrogen-bond donors (Lipinski definition) is 0. The van der Waals surface area contributed by atoms with Crippen LogP contribution < -0.4 is 9.47 Å². The molecule has 0 N–H and O–H groups in total. The van der Waals surface area contributed by atoms with Crippen LogP contribution in [0.1, 0.15) is 35.9 Å². The third kappa shape index (κ3) is 4.23. The Morgan fingerprint density at radius 3 is 2.76 bits per heavy atom. The first-order chi connectivity index (χ1) is 12.2. The number of piperidine rings is 1. The summed E-state index contributed by atoms with van der Waals surface area (Å²) >= 11 is 0. The fraction of sp³-hybridized carbons (Fsp3) is 0.444. The molecule has 3 heterocycles. The Hall–Kier alpha value is -2.70. The van der Waals surface area contributed by atoms with Crippen molar-refractivity contribution in [3.05, 3.63) is 42.0 Å². The molecule has 7 heteroatoms. The van der Waals surface area contributed by atoms with Gasteiger partial charge in [-0.3, -0.25) is 4.79 Å². The summed E-state index contributed by atoms with van der Waals surface area (Å²) in [6.45, 7) is 5.45. The van der Waals surface area contributed by atoms with Gasteiger partial charge in [-0.05, 0) is 26.0 Å². The van der Waals surface area contributed by atoms with Crippen LogP contribution in [-0.2, 0) is 0 Å². The number of aromatic nitrogens is 3. The van der Waals surface area contributed by atoms with Crippen LogP contribution in [-0.4, -0.2) is 51.6 Å². The second kappa shape index (κ2) is 7.92. The van der Waals surface area contributed by atoms with Gasteiger partial charge in [-0.25, -0.2) is 9.97 Å². The normalized spacial score (nSPS) is 15.0. The average molecular weight is 342 g/mol. The molecule has 0 aliphatic carbocycles. The standard InChI is InChI=1S/C18H22N4O3/c1-3-24-17-15(5-4-9-20-17)18(23)22-11-7-14(8-12-22)25-16-6-10-19-13(2)21-16/h4-6,9-10,14H,3,7-8,11-12H2,1-2H3. The van der Waals surface area contributed by atoms with E-state index in [1.807, 2.05) is 18.7 Å². The SMILES string of the molecule is CCOc1ncccc1C(=O)N1CCC(Oc2ccnc(C)n2)CC1. The Morgan fingerprint density at radius 1 is 1.24 bits per heavy atom. The molecule has 0 atom stereocenters. The minimum Gasteiger partial charge on any atom is -0.477 e. The summed E-state index contributed by atoms with van der Waals surface area (Å²) in [4.78, 5) is 27.1. The highest BCUT2D eigenvalue weighted by Gasteiger charge is 2.27. The van der Waals surface area contributed by atoms with Gasteiger partial charge in [0.25, 0.3) is 5.91 Å². The summed E-state index contributed by atoms with van der Waals surface area (Å²) in [6.07, 6.45) is 4.90. The number of carbonyl (C=O) groups excluding carboxylic acids is 1. The molecular weight excluding hydrogens is 320 g/mol. The number of aryl methyl sites for hydroxylation is 1. The molecule has 1 fully saturated rings. The van der Waals surface area contributed by atoms with Crippen LogP contribution >= 0.6 is 0 Å². The lowest BCUT2D eigenvalue weighted by molar-refractivity contribution is 0.0583. The van der Waals surface area contributed by atoms with Crippen LogP contribution in [0.3, 0.4) is 0 Å². The van der Waals surface area contributed by atoms with Crippen LogP contribution in [0.5, 0.6) is 11.8 Å². The van der Waals surface area contributed by atoms with Gasteiger partial charge in [0.15, 0.2) is 0 Å². The molecule has 0 saturated carbocycles.